The standard InChI is InChI=1S/C20H19N3O3/c24-17-8-4-5-9-18(17)26-14-16-12-23(22-21-16)13-19(25)20(10-11-20)15-6-2-1-3-7-15/h1-9,12,24H,10-11,13-14H2. The Hall–Kier alpha value is -3.15. The summed E-state index contributed by atoms with van der Waals surface area (Å²) in [7, 11) is 0. The molecule has 0 radical (unpaired) electrons. The Balaban J connectivity index is 1.39. The van der Waals surface area contributed by atoms with E-state index in [-0.39, 0.29) is 30.1 Å². The number of aromatic nitrogens is 3. The predicted octanol–water partition coefficient (Wildman–Crippen LogP) is 2.86. The molecule has 1 heterocycles. The minimum atomic E-state index is -0.361. The number of benzene rings is 2. The number of carbonyl (C=O) groups excluding carboxylic acids is 1. The van der Waals surface area contributed by atoms with E-state index in [9.17, 15) is 9.90 Å². The van der Waals surface area contributed by atoms with Crippen LogP contribution in [0.1, 0.15) is 24.1 Å². The van der Waals surface area contributed by atoms with Gasteiger partial charge in [-0.2, -0.15) is 0 Å². The molecule has 2 aromatic carbocycles. The molecule has 0 unspecified atom stereocenters. The van der Waals surface area contributed by atoms with Crippen LogP contribution in [0, 0.1) is 0 Å². The maximum atomic E-state index is 12.8. The number of hydrogen-bond acceptors (Lipinski definition) is 5. The molecule has 6 heteroatoms. The number of hydrogen-bond donors (Lipinski definition) is 1. The zero-order valence-corrected chi connectivity index (χ0v) is 14.2. The van der Waals surface area contributed by atoms with E-state index in [1.165, 1.54) is 0 Å². The summed E-state index contributed by atoms with van der Waals surface area (Å²) in [4.78, 5) is 12.8. The molecule has 1 aliphatic carbocycles. The average Bonchev–Trinajstić information content (AvgIpc) is 3.37. The van der Waals surface area contributed by atoms with Gasteiger partial charge < -0.3 is 9.84 Å². The van der Waals surface area contributed by atoms with E-state index in [0.717, 1.165) is 18.4 Å². The zero-order valence-electron chi connectivity index (χ0n) is 14.2. The van der Waals surface area contributed by atoms with E-state index in [4.69, 9.17) is 4.74 Å². The lowest BCUT2D eigenvalue weighted by Crippen LogP contribution is -2.25. The van der Waals surface area contributed by atoms with Crippen LogP contribution in [0.3, 0.4) is 0 Å². The number of ether oxygens (including phenoxy) is 1. The third kappa shape index (κ3) is 3.18. The number of phenolic OH excluding ortho intramolecular Hbond substituents is 1. The first-order valence-electron chi connectivity index (χ1n) is 8.56. The molecule has 1 saturated carbocycles. The number of Topliss-reactive ketones (excluding diaryl/α,β-unsaturated/α-hetero) is 1. The molecule has 132 valence electrons. The monoisotopic (exact) mass is 349 g/mol. The summed E-state index contributed by atoms with van der Waals surface area (Å²) >= 11 is 0. The van der Waals surface area contributed by atoms with Gasteiger partial charge in [0.05, 0.1) is 11.6 Å². The Morgan fingerprint density at radius 1 is 1.12 bits per heavy atom. The van der Waals surface area contributed by atoms with Crippen molar-refractivity contribution >= 4 is 5.78 Å². The van der Waals surface area contributed by atoms with Crippen molar-refractivity contribution in [1.29, 1.82) is 0 Å². The number of ketones is 1. The normalized spacial score (nSPS) is 14.8. The van der Waals surface area contributed by atoms with Crippen molar-refractivity contribution in [3.63, 3.8) is 0 Å². The Labute approximate surface area is 151 Å². The highest BCUT2D eigenvalue weighted by molar-refractivity contribution is 5.92. The van der Waals surface area contributed by atoms with Crippen LogP contribution in [0.5, 0.6) is 11.5 Å². The summed E-state index contributed by atoms with van der Waals surface area (Å²) in [5, 5.41) is 17.8. The molecule has 6 nitrogen and oxygen atoms in total. The summed E-state index contributed by atoms with van der Waals surface area (Å²) in [5.74, 6) is 0.620. The van der Waals surface area contributed by atoms with Crippen molar-refractivity contribution in [2.24, 2.45) is 0 Å². The van der Waals surface area contributed by atoms with Gasteiger partial charge in [0.1, 0.15) is 18.8 Å². The first kappa shape index (κ1) is 16.3. The van der Waals surface area contributed by atoms with E-state index < -0.39 is 0 Å². The van der Waals surface area contributed by atoms with E-state index in [2.05, 4.69) is 10.3 Å². The summed E-state index contributed by atoms with van der Waals surface area (Å²) in [6.45, 7) is 0.369. The molecule has 1 aliphatic rings. The van der Waals surface area contributed by atoms with Crippen molar-refractivity contribution in [2.45, 2.75) is 31.4 Å². The topological polar surface area (TPSA) is 77.2 Å². The summed E-state index contributed by atoms with van der Waals surface area (Å²) in [6.07, 6.45) is 3.47. The Kier molecular flexibility index (Phi) is 4.16. The molecule has 0 amide bonds. The fraction of sp³-hybridized carbons (Fsp3) is 0.250. The van der Waals surface area contributed by atoms with Crippen molar-refractivity contribution in [3.8, 4) is 11.5 Å². The van der Waals surface area contributed by atoms with Gasteiger partial charge >= 0.3 is 0 Å². The first-order chi connectivity index (χ1) is 12.7. The van der Waals surface area contributed by atoms with Crippen molar-refractivity contribution in [1.82, 2.24) is 15.0 Å². The van der Waals surface area contributed by atoms with Gasteiger partial charge in [-0.05, 0) is 30.5 Å². The van der Waals surface area contributed by atoms with Crippen molar-refractivity contribution < 1.29 is 14.6 Å². The van der Waals surface area contributed by atoms with Gasteiger partial charge in [-0.25, -0.2) is 4.68 Å². The largest absolute Gasteiger partial charge is 0.504 e. The van der Waals surface area contributed by atoms with Crippen LogP contribution >= 0.6 is 0 Å². The predicted molar refractivity (Wildman–Crippen MR) is 94.8 cm³/mol. The molecule has 3 aromatic rings. The molecular weight excluding hydrogens is 330 g/mol. The fourth-order valence-corrected chi connectivity index (χ4v) is 3.12. The zero-order chi connectivity index (χ0) is 18.0. The number of para-hydroxylation sites is 2. The number of carbonyl (C=O) groups is 1. The second-order valence-electron chi connectivity index (χ2n) is 6.54. The fourth-order valence-electron chi connectivity index (χ4n) is 3.12. The second kappa shape index (κ2) is 6.63. The smallest absolute Gasteiger partial charge is 0.164 e. The summed E-state index contributed by atoms with van der Waals surface area (Å²) < 4.78 is 7.09. The van der Waals surface area contributed by atoms with Crippen LogP contribution < -0.4 is 4.74 Å². The number of rotatable bonds is 7. The molecule has 1 aromatic heterocycles. The van der Waals surface area contributed by atoms with Gasteiger partial charge in [-0.3, -0.25) is 4.79 Å². The van der Waals surface area contributed by atoms with E-state index in [1.54, 1.807) is 35.1 Å². The van der Waals surface area contributed by atoms with Crippen LogP contribution in [-0.2, 0) is 23.4 Å². The van der Waals surface area contributed by atoms with Gasteiger partial charge in [0, 0.05) is 0 Å². The Bertz CT molecular complexity index is 917. The SMILES string of the molecule is O=C(Cn1cc(COc2ccccc2O)nn1)C1(c2ccccc2)CC1. The average molecular weight is 349 g/mol. The lowest BCUT2D eigenvalue weighted by molar-refractivity contribution is -0.122. The third-order valence-electron chi connectivity index (χ3n) is 4.74. The molecule has 4 rings (SSSR count). The molecule has 0 saturated heterocycles. The number of nitrogens with zero attached hydrogens (tertiary/aromatic N) is 3. The van der Waals surface area contributed by atoms with Crippen LogP contribution in [0.15, 0.2) is 60.8 Å². The molecular formula is C20H19N3O3. The van der Waals surface area contributed by atoms with Gasteiger partial charge in [0.15, 0.2) is 17.3 Å². The lowest BCUT2D eigenvalue weighted by Gasteiger charge is -2.14. The van der Waals surface area contributed by atoms with E-state index >= 15 is 0 Å². The number of phenols is 1. The third-order valence-corrected chi connectivity index (χ3v) is 4.74. The molecule has 0 spiro atoms. The quantitative estimate of drug-likeness (QED) is 0.710. The van der Waals surface area contributed by atoms with Crippen LogP contribution in [0.2, 0.25) is 0 Å². The first-order valence-corrected chi connectivity index (χ1v) is 8.56. The minimum absolute atomic E-state index is 0.0774. The van der Waals surface area contributed by atoms with Crippen LogP contribution in [-0.4, -0.2) is 25.9 Å². The van der Waals surface area contributed by atoms with Crippen molar-refractivity contribution in [2.75, 3.05) is 0 Å². The van der Waals surface area contributed by atoms with Crippen LogP contribution in [0.25, 0.3) is 0 Å². The van der Waals surface area contributed by atoms with Crippen molar-refractivity contribution in [3.05, 3.63) is 72.1 Å². The highest BCUT2D eigenvalue weighted by atomic mass is 16.5. The van der Waals surface area contributed by atoms with E-state index in [1.807, 2.05) is 30.3 Å². The number of aromatic hydroxyl groups is 1. The molecule has 0 aliphatic heterocycles. The van der Waals surface area contributed by atoms with Gasteiger partial charge in [0.2, 0.25) is 0 Å². The highest BCUT2D eigenvalue weighted by Crippen LogP contribution is 2.49. The maximum Gasteiger partial charge on any atom is 0.164 e. The van der Waals surface area contributed by atoms with E-state index in [0.29, 0.717) is 11.4 Å². The Morgan fingerprint density at radius 2 is 1.85 bits per heavy atom. The molecule has 1 N–H and O–H groups in total. The Morgan fingerprint density at radius 3 is 2.58 bits per heavy atom. The molecule has 1 fully saturated rings. The molecule has 0 bridgehead atoms. The van der Waals surface area contributed by atoms with Gasteiger partial charge in [0.25, 0.3) is 0 Å². The minimum Gasteiger partial charge on any atom is -0.504 e. The van der Waals surface area contributed by atoms with Crippen LogP contribution in [0.4, 0.5) is 0 Å². The highest BCUT2D eigenvalue weighted by Gasteiger charge is 2.50. The molecule has 0 atom stereocenters. The molecule has 26 heavy (non-hydrogen) atoms. The second-order valence-corrected chi connectivity index (χ2v) is 6.54. The lowest BCUT2D eigenvalue weighted by atomic mass is 9.91. The van der Waals surface area contributed by atoms with Gasteiger partial charge in [-0.1, -0.05) is 47.7 Å². The summed E-state index contributed by atoms with van der Waals surface area (Å²) in [5.41, 5.74) is 1.32. The van der Waals surface area contributed by atoms with Gasteiger partial charge in [-0.15, -0.1) is 5.10 Å². The maximum absolute atomic E-state index is 12.8. The summed E-state index contributed by atoms with van der Waals surface area (Å²) in [6, 6.07) is 16.7.